The molecule has 1 aliphatic heterocycles. The lowest BCUT2D eigenvalue weighted by Crippen LogP contribution is -2.45. The van der Waals surface area contributed by atoms with Gasteiger partial charge in [0.25, 0.3) is 0 Å². The smallest absolute Gasteiger partial charge is 0.153 e. The number of hydrogen-bond donors (Lipinski definition) is 1. The fourth-order valence-corrected chi connectivity index (χ4v) is 2.66. The molecule has 0 aromatic carbocycles. The number of ether oxygens (including phenoxy) is 1. The van der Waals surface area contributed by atoms with Crippen LogP contribution < -0.4 is 0 Å². The number of hydrogen-bond acceptors (Lipinski definition) is 5. The van der Waals surface area contributed by atoms with Crippen molar-refractivity contribution in [2.45, 2.75) is 13.2 Å². The molecule has 0 bridgehead atoms. The number of rotatable bonds is 5. The van der Waals surface area contributed by atoms with Crippen LogP contribution in [0, 0.1) is 5.41 Å². The van der Waals surface area contributed by atoms with Crippen LogP contribution in [0.5, 0.6) is 0 Å². The van der Waals surface area contributed by atoms with Gasteiger partial charge >= 0.3 is 0 Å². The number of likely N-dealkylation sites (N-methyl/N-ethyl adjacent to an activating group) is 1. The molecule has 1 aliphatic rings. The first-order valence-electron chi connectivity index (χ1n) is 6.37. The van der Waals surface area contributed by atoms with Crippen molar-refractivity contribution in [3.63, 3.8) is 0 Å². The van der Waals surface area contributed by atoms with Crippen LogP contribution >= 0.6 is 15.9 Å². The monoisotopic (exact) mass is 329 g/mol. The minimum absolute atomic E-state index is 0.145. The highest BCUT2D eigenvalue weighted by atomic mass is 79.9. The highest BCUT2D eigenvalue weighted by Gasteiger charge is 2.17. The van der Waals surface area contributed by atoms with Crippen molar-refractivity contribution in [3.05, 3.63) is 16.6 Å². The fraction of sp³-hybridized carbons (Fsp3) is 0.667. The van der Waals surface area contributed by atoms with Gasteiger partial charge < -0.3 is 15.0 Å². The number of halogens is 1. The summed E-state index contributed by atoms with van der Waals surface area (Å²) in [5.74, 6) is 0.595. The molecule has 106 valence electrons. The van der Waals surface area contributed by atoms with E-state index in [0.29, 0.717) is 12.6 Å². The van der Waals surface area contributed by atoms with E-state index in [1.807, 2.05) is 11.5 Å². The number of nitrogens with one attached hydrogen (secondary N) is 1. The summed E-state index contributed by atoms with van der Waals surface area (Å²) in [6.45, 7) is 6.81. The molecule has 19 heavy (non-hydrogen) atoms. The number of nitrogens with zero attached hydrogens (tertiary/aromatic N) is 4. The molecule has 1 saturated heterocycles. The Balaban J connectivity index is 1.88. The maximum atomic E-state index is 7.34. The van der Waals surface area contributed by atoms with Gasteiger partial charge in [0, 0.05) is 26.2 Å². The second-order valence-corrected chi connectivity index (χ2v) is 5.58. The van der Waals surface area contributed by atoms with Gasteiger partial charge in [-0.3, -0.25) is 9.47 Å². The van der Waals surface area contributed by atoms with Crippen molar-refractivity contribution in [1.82, 2.24) is 19.4 Å². The first-order chi connectivity index (χ1) is 9.11. The quantitative estimate of drug-likeness (QED) is 0.829. The van der Waals surface area contributed by atoms with E-state index in [0.717, 1.165) is 30.8 Å². The Morgan fingerprint density at radius 2 is 2.16 bits per heavy atom. The van der Waals surface area contributed by atoms with Gasteiger partial charge in [-0.1, -0.05) is 0 Å². The summed E-state index contributed by atoms with van der Waals surface area (Å²) < 4.78 is 8.58. The second-order valence-electron chi connectivity index (χ2n) is 4.77. The third-order valence-corrected chi connectivity index (χ3v) is 3.95. The van der Waals surface area contributed by atoms with E-state index >= 15 is 0 Å². The number of piperazine rings is 1. The summed E-state index contributed by atoms with van der Waals surface area (Å²) in [6.07, 6.45) is 2.78. The third kappa shape index (κ3) is 3.62. The Kier molecular flexibility index (Phi) is 5.09. The van der Waals surface area contributed by atoms with Gasteiger partial charge in [-0.05, 0) is 29.9 Å². The lowest BCUT2D eigenvalue weighted by Gasteiger charge is -2.32. The SMILES string of the molecule is CC(OCN1CCN(C)CC1)n1c(Br)cnc1C=N. The molecule has 0 radical (unpaired) electrons. The van der Waals surface area contributed by atoms with Crippen LogP contribution in [0.25, 0.3) is 0 Å². The van der Waals surface area contributed by atoms with Crippen LogP contribution in [0.3, 0.4) is 0 Å². The first-order valence-corrected chi connectivity index (χ1v) is 7.17. The predicted octanol–water partition coefficient (Wildman–Crippen LogP) is 1.38. The van der Waals surface area contributed by atoms with E-state index in [1.54, 1.807) is 6.20 Å². The zero-order valence-electron chi connectivity index (χ0n) is 11.3. The molecule has 0 spiro atoms. The molecule has 2 rings (SSSR count). The Morgan fingerprint density at radius 1 is 1.47 bits per heavy atom. The number of imidazole rings is 1. The van der Waals surface area contributed by atoms with Gasteiger partial charge in [-0.2, -0.15) is 0 Å². The summed E-state index contributed by atoms with van der Waals surface area (Å²) in [6, 6.07) is 0. The van der Waals surface area contributed by atoms with Crippen LogP contribution in [-0.4, -0.2) is 65.5 Å². The van der Waals surface area contributed by atoms with Gasteiger partial charge in [0.1, 0.15) is 17.6 Å². The molecule has 7 heteroatoms. The normalized spacial score (nSPS) is 19.5. The van der Waals surface area contributed by atoms with E-state index in [4.69, 9.17) is 10.1 Å². The van der Waals surface area contributed by atoms with Crippen LogP contribution in [0.2, 0.25) is 0 Å². The molecule has 1 fully saturated rings. The maximum absolute atomic E-state index is 7.34. The average Bonchev–Trinajstić information content (AvgIpc) is 2.79. The molecule has 0 saturated carbocycles. The van der Waals surface area contributed by atoms with Gasteiger partial charge in [0.05, 0.1) is 12.4 Å². The average molecular weight is 330 g/mol. The van der Waals surface area contributed by atoms with E-state index in [-0.39, 0.29) is 6.23 Å². The lowest BCUT2D eigenvalue weighted by molar-refractivity contribution is -0.0601. The molecule has 0 amide bonds. The fourth-order valence-electron chi connectivity index (χ4n) is 2.08. The maximum Gasteiger partial charge on any atom is 0.153 e. The molecule has 6 nitrogen and oxygen atoms in total. The number of aromatic nitrogens is 2. The predicted molar refractivity (Wildman–Crippen MR) is 77.5 cm³/mol. The van der Waals surface area contributed by atoms with Gasteiger partial charge in [-0.25, -0.2) is 4.98 Å². The largest absolute Gasteiger partial charge is 0.343 e. The molecule has 1 atom stereocenters. The molecule has 1 aromatic rings. The van der Waals surface area contributed by atoms with E-state index in [9.17, 15) is 0 Å². The van der Waals surface area contributed by atoms with Crippen molar-refractivity contribution < 1.29 is 4.74 Å². The van der Waals surface area contributed by atoms with Gasteiger partial charge in [0.2, 0.25) is 0 Å². The molecule has 1 N–H and O–H groups in total. The summed E-state index contributed by atoms with van der Waals surface area (Å²) in [5.41, 5.74) is 0. The van der Waals surface area contributed by atoms with Crippen molar-refractivity contribution in [2.75, 3.05) is 40.0 Å². The summed E-state index contributed by atoms with van der Waals surface area (Å²) in [5, 5.41) is 7.34. The van der Waals surface area contributed by atoms with Crippen LogP contribution in [-0.2, 0) is 4.74 Å². The Hall–Kier alpha value is -0.760. The molecule has 2 heterocycles. The van der Waals surface area contributed by atoms with Crippen LogP contribution in [0.4, 0.5) is 0 Å². The van der Waals surface area contributed by atoms with E-state index < -0.39 is 0 Å². The highest BCUT2D eigenvalue weighted by Crippen LogP contribution is 2.19. The van der Waals surface area contributed by atoms with Gasteiger partial charge in [-0.15, -0.1) is 0 Å². The molecular weight excluding hydrogens is 310 g/mol. The molecule has 1 aromatic heterocycles. The first kappa shape index (κ1) is 14.6. The summed E-state index contributed by atoms with van der Waals surface area (Å²) in [7, 11) is 2.14. The lowest BCUT2D eigenvalue weighted by atomic mass is 10.3. The summed E-state index contributed by atoms with van der Waals surface area (Å²) in [4.78, 5) is 8.75. The van der Waals surface area contributed by atoms with Crippen molar-refractivity contribution in [3.8, 4) is 0 Å². The van der Waals surface area contributed by atoms with Gasteiger partial charge in [0.15, 0.2) is 5.82 Å². The Morgan fingerprint density at radius 3 is 2.79 bits per heavy atom. The summed E-state index contributed by atoms with van der Waals surface area (Å²) >= 11 is 3.43. The Bertz CT molecular complexity index is 428. The van der Waals surface area contributed by atoms with Crippen LogP contribution in [0.1, 0.15) is 19.0 Å². The Labute approximate surface area is 122 Å². The van der Waals surface area contributed by atoms with Crippen molar-refractivity contribution in [2.24, 2.45) is 0 Å². The molecular formula is C12H20BrN5O. The minimum Gasteiger partial charge on any atom is -0.343 e. The zero-order valence-corrected chi connectivity index (χ0v) is 12.9. The zero-order chi connectivity index (χ0) is 13.8. The standard InChI is InChI=1S/C12H20BrN5O/c1-10(18-11(13)8-15-12(18)7-14)19-9-17-5-3-16(2)4-6-17/h7-8,10,14H,3-6,9H2,1-2H3. The molecule has 0 aliphatic carbocycles. The van der Waals surface area contributed by atoms with E-state index in [2.05, 4.69) is 37.8 Å². The van der Waals surface area contributed by atoms with E-state index in [1.165, 1.54) is 6.21 Å². The second kappa shape index (κ2) is 6.60. The third-order valence-electron chi connectivity index (χ3n) is 3.37. The van der Waals surface area contributed by atoms with Crippen LogP contribution in [0.15, 0.2) is 10.8 Å². The minimum atomic E-state index is -0.145. The highest BCUT2D eigenvalue weighted by molar-refractivity contribution is 9.10. The van der Waals surface area contributed by atoms with Crippen molar-refractivity contribution >= 4 is 22.1 Å². The topological polar surface area (TPSA) is 57.4 Å². The van der Waals surface area contributed by atoms with Crippen molar-refractivity contribution in [1.29, 1.82) is 5.41 Å². The molecule has 1 unspecified atom stereocenters.